The van der Waals surface area contributed by atoms with Gasteiger partial charge in [-0.1, -0.05) is 29.8 Å². The molecule has 2 nitrogen and oxygen atoms in total. The first-order valence-electron chi connectivity index (χ1n) is 4.24. The van der Waals surface area contributed by atoms with Gasteiger partial charge in [-0.25, -0.2) is 0 Å². The molecule has 70 valence electrons. The minimum absolute atomic E-state index is 0.00981. The third kappa shape index (κ3) is 3.07. The van der Waals surface area contributed by atoms with Crippen LogP contribution in [0.5, 0.6) is 0 Å². The topological polar surface area (TPSA) is 29.1 Å². The smallest absolute Gasteiger partial charge is 0.224 e. The summed E-state index contributed by atoms with van der Waals surface area (Å²) in [4.78, 5) is 11.2. The van der Waals surface area contributed by atoms with Gasteiger partial charge in [-0.2, -0.15) is 0 Å². The molecular formula is C10H12ClNO. The van der Waals surface area contributed by atoms with Gasteiger partial charge in [0.05, 0.1) is 6.42 Å². The molecule has 0 aliphatic carbocycles. The maximum atomic E-state index is 11.2. The molecule has 0 aliphatic rings. The van der Waals surface area contributed by atoms with Crippen LogP contribution in [0.15, 0.2) is 24.3 Å². The average molecular weight is 198 g/mol. The first kappa shape index (κ1) is 10.1. The van der Waals surface area contributed by atoms with Gasteiger partial charge in [0.1, 0.15) is 0 Å². The highest BCUT2D eigenvalue weighted by molar-refractivity contribution is 6.31. The Bertz CT molecular complexity index is 299. The highest BCUT2D eigenvalue weighted by Gasteiger charge is 2.04. The number of benzene rings is 1. The van der Waals surface area contributed by atoms with Crippen molar-refractivity contribution < 1.29 is 4.79 Å². The van der Waals surface area contributed by atoms with E-state index in [4.69, 9.17) is 11.6 Å². The third-order valence-corrected chi connectivity index (χ3v) is 2.05. The predicted molar refractivity (Wildman–Crippen MR) is 53.8 cm³/mol. The van der Waals surface area contributed by atoms with E-state index < -0.39 is 0 Å². The highest BCUT2D eigenvalue weighted by Crippen LogP contribution is 2.14. The monoisotopic (exact) mass is 197 g/mol. The fraction of sp³-hybridized carbons (Fsp3) is 0.300. The van der Waals surface area contributed by atoms with E-state index in [1.165, 1.54) is 0 Å². The summed E-state index contributed by atoms with van der Waals surface area (Å²) in [5, 5.41) is 3.37. The number of amides is 1. The number of hydrogen-bond donors (Lipinski definition) is 1. The lowest BCUT2D eigenvalue weighted by Gasteiger charge is -2.03. The fourth-order valence-corrected chi connectivity index (χ4v) is 1.28. The van der Waals surface area contributed by atoms with Crippen LogP contribution in [0.3, 0.4) is 0 Å². The first-order chi connectivity index (χ1) is 6.24. The van der Waals surface area contributed by atoms with E-state index in [0.29, 0.717) is 18.0 Å². The zero-order valence-corrected chi connectivity index (χ0v) is 8.27. The van der Waals surface area contributed by atoms with E-state index in [2.05, 4.69) is 5.32 Å². The minimum atomic E-state index is 0.00981. The molecule has 1 aromatic carbocycles. The molecule has 0 heterocycles. The SMILES string of the molecule is CCNC(=O)Cc1ccccc1Cl. The Morgan fingerprint density at radius 1 is 1.46 bits per heavy atom. The normalized spacial score (nSPS) is 9.69. The van der Waals surface area contributed by atoms with Crippen LogP contribution in [-0.4, -0.2) is 12.5 Å². The molecule has 1 N–H and O–H groups in total. The van der Waals surface area contributed by atoms with E-state index in [0.717, 1.165) is 5.56 Å². The Balaban J connectivity index is 2.63. The number of carbonyl (C=O) groups excluding carboxylic acids is 1. The van der Waals surface area contributed by atoms with Crippen LogP contribution >= 0.6 is 11.6 Å². The Labute approximate surface area is 82.9 Å². The van der Waals surface area contributed by atoms with Crippen molar-refractivity contribution >= 4 is 17.5 Å². The molecule has 0 radical (unpaired) electrons. The van der Waals surface area contributed by atoms with Crippen LogP contribution in [0.4, 0.5) is 0 Å². The first-order valence-corrected chi connectivity index (χ1v) is 4.62. The molecule has 0 aromatic heterocycles. The van der Waals surface area contributed by atoms with Crippen LogP contribution in [0, 0.1) is 0 Å². The quantitative estimate of drug-likeness (QED) is 0.790. The summed E-state index contributed by atoms with van der Waals surface area (Å²) in [6.45, 7) is 2.55. The molecule has 0 saturated carbocycles. The second kappa shape index (κ2) is 4.87. The molecule has 0 unspecified atom stereocenters. The molecule has 0 bridgehead atoms. The Morgan fingerprint density at radius 3 is 2.77 bits per heavy atom. The average Bonchev–Trinajstić information content (AvgIpc) is 2.09. The molecule has 0 atom stereocenters. The van der Waals surface area contributed by atoms with Gasteiger partial charge in [-0.3, -0.25) is 4.79 Å². The summed E-state index contributed by atoms with van der Waals surface area (Å²) in [5.41, 5.74) is 0.870. The van der Waals surface area contributed by atoms with Crippen molar-refractivity contribution in [3.8, 4) is 0 Å². The molecule has 0 spiro atoms. The zero-order chi connectivity index (χ0) is 9.68. The van der Waals surface area contributed by atoms with Crippen molar-refractivity contribution in [3.05, 3.63) is 34.9 Å². The van der Waals surface area contributed by atoms with Crippen molar-refractivity contribution in [1.82, 2.24) is 5.32 Å². The lowest BCUT2D eigenvalue weighted by Crippen LogP contribution is -2.24. The van der Waals surface area contributed by atoms with Crippen molar-refractivity contribution in [2.75, 3.05) is 6.54 Å². The third-order valence-electron chi connectivity index (χ3n) is 1.68. The zero-order valence-electron chi connectivity index (χ0n) is 7.51. The van der Waals surface area contributed by atoms with Crippen molar-refractivity contribution in [2.45, 2.75) is 13.3 Å². The van der Waals surface area contributed by atoms with E-state index in [-0.39, 0.29) is 5.91 Å². The van der Waals surface area contributed by atoms with Gasteiger partial charge in [-0.05, 0) is 18.6 Å². The molecule has 1 aromatic rings. The molecule has 3 heteroatoms. The molecule has 0 fully saturated rings. The predicted octanol–water partition coefficient (Wildman–Crippen LogP) is 2.02. The second-order valence-corrected chi connectivity index (χ2v) is 3.13. The number of likely N-dealkylation sites (N-methyl/N-ethyl adjacent to an activating group) is 1. The lowest BCUT2D eigenvalue weighted by atomic mass is 10.1. The summed E-state index contributed by atoms with van der Waals surface area (Å²) in [5.74, 6) is 0.00981. The van der Waals surface area contributed by atoms with Gasteiger partial charge >= 0.3 is 0 Å². The molecule has 13 heavy (non-hydrogen) atoms. The van der Waals surface area contributed by atoms with Crippen molar-refractivity contribution in [3.63, 3.8) is 0 Å². The number of halogens is 1. The second-order valence-electron chi connectivity index (χ2n) is 2.72. The molecule has 1 amide bonds. The Kier molecular flexibility index (Phi) is 3.77. The van der Waals surface area contributed by atoms with Crippen LogP contribution < -0.4 is 5.32 Å². The summed E-state index contributed by atoms with van der Waals surface area (Å²) in [6.07, 6.45) is 0.355. The van der Waals surface area contributed by atoms with E-state index in [9.17, 15) is 4.79 Å². The number of hydrogen-bond acceptors (Lipinski definition) is 1. The van der Waals surface area contributed by atoms with Gasteiger partial charge in [0.25, 0.3) is 0 Å². The van der Waals surface area contributed by atoms with Gasteiger partial charge in [-0.15, -0.1) is 0 Å². The van der Waals surface area contributed by atoms with Gasteiger partial charge in [0.2, 0.25) is 5.91 Å². The molecule has 0 saturated heterocycles. The number of carbonyl (C=O) groups is 1. The van der Waals surface area contributed by atoms with Crippen LogP contribution in [0.25, 0.3) is 0 Å². The van der Waals surface area contributed by atoms with E-state index >= 15 is 0 Å². The Hall–Kier alpha value is -1.02. The summed E-state index contributed by atoms with van der Waals surface area (Å²) < 4.78 is 0. The molecule has 1 rings (SSSR count). The van der Waals surface area contributed by atoms with Crippen LogP contribution in [0.1, 0.15) is 12.5 Å². The summed E-state index contributed by atoms with van der Waals surface area (Å²) in [7, 11) is 0. The molecule has 0 aliphatic heterocycles. The van der Waals surface area contributed by atoms with Crippen LogP contribution in [0.2, 0.25) is 5.02 Å². The van der Waals surface area contributed by atoms with E-state index in [1.807, 2.05) is 25.1 Å². The highest BCUT2D eigenvalue weighted by atomic mass is 35.5. The maximum absolute atomic E-state index is 11.2. The van der Waals surface area contributed by atoms with Crippen LogP contribution in [-0.2, 0) is 11.2 Å². The number of nitrogens with one attached hydrogen (secondary N) is 1. The summed E-state index contributed by atoms with van der Waals surface area (Å²) in [6, 6.07) is 7.37. The maximum Gasteiger partial charge on any atom is 0.224 e. The van der Waals surface area contributed by atoms with E-state index in [1.54, 1.807) is 6.07 Å². The molecular weight excluding hydrogens is 186 g/mol. The van der Waals surface area contributed by atoms with Crippen molar-refractivity contribution in [1.29, 1.82) is 0 Å². The minimum Gasteiger partial charge on any atom is -0.356 e. The number of rotatable bonds is 3. The van der Waals surface area contributed by atoms with Crippen molar-refractivity contribution in [2.24, 2.45) is 0 Å². The van der Waals surface area contributed by atoms with Gasteiger partial charge in [0.15, 0.2) is 0 Å². The summed E-state index contributed by atoms with van der Waals surface area (Å²) >= 11 is 5.89. The largest absolute Gasteiger partial charge is 0.356 e. The standard InChI is InChI=1S/C10H12ClNO/c1-2-12-10(13)7-8-5-3-4-6-9(8)11/h3-6H,2,7H2,1H3,(H,12,13). The lowest BCUT2D eigenvalue weighted by molar-refractivity contribution is -0.120. The fourth-order valence-electron chi connectivity index (χ4n) is 1.07. The van der Waals surface area contributed by atoms with Gasteiger partial charge < -0.3 is 5.32 Å². The Morgan fingerprint density at radius 2 is 2.15 bits per heavy atom. The van der Waals surface area contributed by atoms with Gasteiger partial charge in [0, 0.05) is 11.6 Å².